The number of nitrogen functional groups attached to an aromatic ring is 1. The molecule has 0 bridgehead atoms. The zero-order valence-electron chi connectivity index (χ0n) is 10.1. The molecule has 1 aliphatic rings. The van der Waals surface area contributed by atoms with Gasteiger partial charge in [0.15, 0.2) is 5.82 Å². The second-order valence-electron chi connectivity index (χ2n) is 4.13. The number of nitrogens with two attached hydrogens (primary N) is 1. The van der Waals surface area contributed by atoms with E-state index in [9.17, 15) is 8.42 Å². The van der Waals surface area contributed by atoms with Crippen molar-refractivity contribution in [1.82, 2.24) is 9.71 Å². The fourth-order valence-electron chi connectivity index (χ4n) is 1.82. The van der Waals surface area contributed by atoms with Crippen molar-refractivity contribution in [3.8, 4) is 0 Å². The average Bonchev–Trinajstić information content (AvgIpc) is 2.89. The van der Waals surface area contributed by atoms with Crippen molar-refractivity contribution in [2.75, 3.05) is 18.6 Å². The molecule has 1 saturated heterocycles. The van der Waals surface area contributed by atoms with Crippen LogP contribution in [0.15, 0.2) is 21.6 Å². The van der Waals surface area contributed by atoms with E-state index in [1.54, 1.807) is 0 Å². The van der Waals surface area contributed by atoms with E-state index in [4.69, 9.17) is 10.6 Å². The lowest BCUT2D eigenvalue weighted by Crippen LogP contribution is -2.32. The first-order valence-corrected chi connectivity index (χ1v) is 8.04. The smallest absolute Gasteiger partial charge is 0.244 e. The first-order chi connectivity index (χ1) is 9.03. The first-order valence-electron chi connectivity index (χ1n) is 5.76. The molecular weight excluding hydrogens is 336 g/mol. The van der Waals surface area contributed by atoms with Gasteiger partial charge in [-0.2, -0.15) is 0 Å². The molecule has 1 aliphatic heterocycles. The van der Waals surface area contributed by atoms with E-state index < -0.39 is 10.0 Å². The summed E-state index contributed by atoms with van der Waals surface area (Å²) in [4.78, 5) is 3.91. The SMILES string of the molecule is NNc1ncc(Br)cc1S(=O)(=O)NCC1CCCO1. The molecule has 19 heavy (non-hydrogen) atoms. The fourth-order valence-corrected chi connectivity index (χ4v) is 3.51. The molecule has 106 valence electrons. The molecule has 9 heteroatoms. The summed E-state index contributed by atoms with van der Waals surface area (Å²) in [6.07, 6.45) is 3.22. The lowest BCUT2D eigenvalue weighted by molar-refractivity contribution is 0.114. The first kappa shape index (κ1) is 14.7. The van der Waals surface area contributed by atoms with Crippen molar-refractivity contribution in [2.24, 2.45) is 5.84 Å². The molecule has 0 saturated carbocycles. The Balaban J connectivity index is 2.16. The fraction of sp³-hybridized carbons (Fsp3) is 0.500. The minimum Gasteiger partial charge on any atom is -0.377 e. The minimum absolute atomic E-state index is 0.00220. The van der Waals surface area contributed by atoms with Crippen LogP contribution in [0.5, 0.6) is 0 Å². The number of nitrogens with zero attached hydrogens (tertiary/aromatic N) is 1. The van der Waals surface area contributed by atoms with Crippen LogP contribution in [0, 0.1) is 0 Å². The average molecular weight is 351 g/mol. The Morgan fingerprint density at radius 3 is 3.00 bits per heavy atom. The van der Waals surface area contributed by atoms with Crippen LogP contribution in [0.3, 0.4) is 0 Å². The molecule has 0 spiro atoms. The molecule has 0 aliphatic carbocycles. The van der Waals surface area contributed by atoms with Crippen molar-refractivity contribution in [3.05, 3.63) is 16.7 Å². The molecule has 1 atom stereocenters. The Kier molecular flexibility index (Phi) is 4.74. The van der Waals surface area contributed by atoms with Crippen molar-refractivity contribution in [3.63, 3.8) is 0 Å². The van der Waals surface area contributed by atoms with Crippen LogP contribution in [0.2, 0.25) is 0 Å². The number of sulfonamides is 1. The molecule has 0 radical (unpaired) electrons. The summed E-state index contributed by atoms with van der Waals surface area (Å²) in [5.41, 5.74) is 2.27. The molecule has 0 amide bonds. The highest BCUT2D eigenvalue weighted by Gasteiger charge is 2.23. The Labute approximate surface area is 120 Å². The van der Waals surface area contributed by atoms with Crippen LogP contribution in [-0.2, 0) is 14.8 Å². The normalized spacial score (nSPS) is 19.6. The van der Waals surface area contributed by atoms with E-state index in [2.05, 4.69) is 31.1 Å². The summed E-state index contributed by atoms with van der Waals surface area (Å²) in [5.74, 6) is 5.37. The third kappa shape index (κ3) is 3.63. The molecule has 1 fully saturated rings. The highest BCUT2D eigenvalue weighted by Crippen LogP contribution is 2.22. The molecule has 4 N–H and O–H groups in total. The molecule has 2 rings (SSSR count). The van der Waals surface area contributed by atoms with Gasteiger partial charge < -0.3 is 10.2 Å². The number of anilines is 1. The van der Waals surface area contributed by atoms with Crippen molar-refractivity contribution < 1.29 is 13.2 Å². The van der Waals surface area contributed by atoms with Crippen LogP contribution < -0.4 is 16.0 Å². The van der Waals surface area contributed by atoms with Gasteiger partial charge in [0.1, 0.15) is 4.90 Å². The Morgan fingerprint density at radius 2 is 2.37 bits per heavy atom. The standard InChI is InChI=1S/C10H15BrN4O3S/c11-7-4-9(10(15-12)13-5-7)19(16,17)14-6-8-2-1-3-18-8/h4-5,8,14H,1-3,6,12H2,(H,13,15). The summed E-state index contributed by atoms with van der Waals surface area (Å²) in [6, 6.07) is 1.44. The van der Waals surface area contributed by atoms with Gasteiger partial charge in [-0.05, 0) is 34.8 Å². The molecule has 1 aromatic rings. The number of hydrogen-bond donors (Lipinski definition) is 3. The number of hydrazine groups is 1. The van der Waals surface area contributed by atoms with E-state index in [1.165, 1.54) is 12.3 Å². The number of ether oxygens (including phenoxy) is 1. The third-order valence-electron chi connectivity index (χ3n) is 2.77. The summed E-state index contributed by atoms with van der Waals surface area (Å²) < 4.78 is 32.8. The van der Waals surface area contributed by atoms with E-state index in [1.807, 2.05) is 0 Å². The second-order valence-corrected chi connectivity index (χ2v) is 6.78. The topological polar surface area (TPSA) is 106 Å². The largest absolute Gasteiger partial charge is 0.377 e. The van der Waals surface area contributed by atoms with Crippen LogP contribution in [0.25, 0.3) is 0 Å². The van der Waals surface area contributed by atoms with Gasteiger partial charge in [0.2, 0.25) is 10.0 Å². The number of hydrogen-bond acceptors (Lipinski definition) is 6. The maximum Gasteiger partial charge on any atom is 0.244 e. The van der Waals surface area contributed by atoms with Gasteiger partial charge in [-0.25, -0.2) is 24.0 Å². The summed E-state index contributed by atoms with van der Waals surface area (Å²) in [5, 5.41) is 0. The van der Waals surface area contributed by atoms with Crippen molar-refractivity contribution in [2.45, 2.75) is 23.8 Å². The molecule has 1 unspecified atom stereocenters. The lowest BCUT2D eigenvalue weighted by atomic mass is 10.2. The van der Waals surface area contributed by atoms with Crippen LogP contribution in [-0.4, -0.2) is 32.7 Å². The summed E-state index contributed by atoms with van der Waals surface area (Å²) in [6.45, 7) is 0.930. The third-order valence-corrected chi connectivity index (χ3v) is 4.64. The predicted molar refractivity (Wildman–Crippen MR) is 73.9 cm³/mol. The summed E-state index contributed by atoms with van der Waals surface area (Å²) in [7, 11) is -3.68. The maximum absolute atomic E-state index is 12.2. The quantitative estimate of drug-likeness (QED) is 0.530. The van der Waals surface area contributed by atoms with Crippen LogP contribution in [0.1, 0.15) is 12.8 Å². The number of rotatable bonds is 5. The van der Waals surface area contributed by atoms with E-state index in [-0.39, 0.29) is 23.4 Å². The molecule has 0 aromatic carbocycles. The zero-order chi connectivity index (χ0) is 13.9. The second kappa shape index (κ2) is 6.14. The van der Waals surface area contributed by atoms with Gasteiger partial charge in [0.25, 0.3) is 0 Å². The molecular formula is C10H15BrN4O3S. The van der Waals surface area contributed by atoms with Gasteiger partial charge in [-0.3, -0.25) is 0 Å². The number of halogens is 1. The van der Waals surface area contributed by atoms with E-state index in [0.717, 1.165) is 12.8 Å². The van der Waals surface area contributed by atoms with E-state index >= 15 is 0 Å². The number of nitrogens with one attached hydrogen (secondary N) is 2. The van der Waals surface area contributed by atoms with Gasteiger partial charge in [-0.1, -0.05) is 0 Å². The highest BCUT2D eigenvalue weighted by atomic mass is 79.9. The highest BCUT2D eigenvalue weighted by molar-refractivity contribution is 9.10. The van der Waals surface area contributed by atoms with Crippen LogP contribution >= 0.6 is 15.9 Å². The van der Waals surface area contributed by atoms with Gasteiger partial charge in [0, 0.05) is 23.8 Å². The predicted octanol–water partition coefficient (Wildman–Crippen LogP) is 0.587. The van der Waals surface area contributed by atoms with Crippen molar-refractivity contribution in [1.29, 1.82) is 0 Å². The Morgan fingerprint density at radius 1 is 1.58 bits per heavy atom. The Bertz CT molecular complexity index is 546. The minimum atomic E-state index is -3.68. The monoisotopic (exact) mass is 350 g/mol. The van der Waals surface area contributed by atoms with Gasteiger partial charge in [-0.15, -0.1) is 0 Å². The summed E-state index contributed by atoms with van der Waals surface area (Å²) >= 11 is 3.19. The molecule has 7 nitrogen and oxygen atoms in total. The van der Waals surface area contributed by atoms with Crippen molar-refractivity contribution >= 4 is 31.8 Å². The van der Waals surface area contributed by atoms with Gasteiger partial charge in [0.05, 0.1) is 6.10 Å². The van der Waals surface area contributed by atoms with Gasteiger partial charge >= 0.3 is 0 Å². The van der Waals surface area contributed by atoms with E-state index in [0.29, 0.717) is 11.1 Å². The maximum atomic E-state index is 12.2. The zero-order valence-corrected chi connectivity index (χ0v) is 12.5. The number of aromatic nitrogens is 1. The Hall–Kier alpha value is -0.740. The lowest BCUT2D eigenvalue weighted by Gasteiger charge is -2.13. The number of pyridine rings is 1. The molecule has 1 aromatic heterocycles. The van der Waals surface area contributed by atoms with Crippen LogP contribution in [0.4, 0.5) is 5.82 Å². The molecule has 2 heterocycles.